The Bertz CT molecular complexity index is 220. The molecule has 0 aliphatic heterocycles. The number of hydrogen-bond donors (Lipinski definition) is 1. The molecule has 0 aliphatic rings. The normalized spacial score (nSPS) is 14.4. The molecule has 0 radical (unpaired) electrons. The molecule has 2 atom stereocenters. The summed E-state index contributed by atoms with van der Waals surface area (Å²) in [4.78, 5) is 22.5. The SMILES string of the molecule is CC[C@H](C)C(C(=O)OC)N(S)C(C)=O. The van der Waals surface area contributed by atoms with Crippen LogP contribution < -0.4 is 0 Å². The van der Waals surface area contributed by atoms with Gasteiger partial charge >= 0.3 is 5.97 Å². The van der Waals surface area contributed by atoms with Crippen LogP contribution in [-0.2, 0) is 14.3 Å². The van der Waals surface area contributed by atoms with Crippen LogP contribution >= 0.6 is 12.8 Å². The topological polar surface area (TPSA) is 46.6 Å². The van der Waals surface area contributed by atoms with Crippen LogP contribution in [0, 0.1) is 5.92 Å². The first kappa shape index (κ1) is 13.3. The van der Waals surface area contributed by atoms with Gasteiger partial charge in [0.1, 0.15) is 6.04 Å². The number of hydrogen-bond acceptors (Lipinski definition) is 4. The van der Waals surface area contributed by atoms with Gasteiger partial charge in [-0.2, -0.15) is 0 Å². The van der Waals surface area contributed by atoms with E-state index in [-0.39, 0.29) is 11.8 Å². The van der Waals surface area contributed by atoms with Crippen molar-refractivity contribution in [2.45, 2.75) is 33.2 Å². The van der Waals surface area contributed by atoms with Crippen LogP contribution in [0.5, 0.6) is 0 Å². The number of esters is 1. The Morgan fingerprint density at radius 3 is 2.29 bits per heavy atom. The first-order valence-electron chi connectivity index (χ1n) is 4.52. The summed E-state index contributed by atoms with van der Waals surface area (Å²) in [5, 5.41) is 0. The van der Waals surface area contributed by atoms with Gasteiger partial charge in [-0.25, -0.2) is 4.79 Å². The molecule has 0 rings (SSSR count). The average molecular weight is 219 g/mol. The van der Waals surface area contributed by atoms with Crippen molar-refractivity contribution in [3.8, 4) is 0 Å². The third-order valence-corrected chi connectivity index (χ3v) is 2.74. The van der Waals surface area contributed by atoms with E-state index in [0.717, 1.165) is 10.7 Å². The highest BCUT2D eigenvalue weighted by Gasteiger charge is 2.31. The van der Waals surface area contributed by atoms with Crippen LogP contribution in [0.2, 0.25) is 0 Å². The largest absolute Gasteiger partial charge is 0.467 e. The lowest BCUT2D eigenvalue weighted by molar-refractivity contribution is -0.150. The molecule has 0 aromatic carbocycles. The lowest BCUT2D eigenvalue weighted by Gasteiger charge is -2.27. The van der Waals surface area contributed by atoms with Crippen molar-refractivity contribution < 1.29 is 14.3 Å². The molecule has 0 aromatic rings. The minimum atomic E-state index is -0.606. The quantitative estimate of drug-likeness (QED) is 0.572. The number of methoxy groups -OCH3 is 1. The lowest BCUT2D eigenvalue weighted by atomic mass is 9.99. The maximum absolute atomic E-state index is 11.4. The number of carbonyl (C=O) groups is 2. The smallest absolute Gasteiger partial charge is 0.329 e. The van der Waals surface area contributed by atoms with E-state index in [9.17, 15) is 9.59 Å². The molecular weight excluding hydrogens is 202 g/mol. The Labute approximate surface area is 90.1 Å². The molecule has 82 valence electrons. The van der Waals surface area contributed by atoms with Gasteiger partial charge in [-0.1, -0.05) is 33.1 Å². The highest BCUT2D eigenvalue weighted by Crippen LogP contribution is 2.18. The van der Waals surface area contributed by atoms with E-state index < -0.39 is 12.0 Å². The molecule has 0 saturated heterocycles. The molecule has 0 bridgehead atoms. The van der Waals surface area contributed by atoms with Gasteiger partial charge in [-0.05, 0) is 5.92 Å². The summed E-state index contributed by atoms with van der Waals surface area (Å²) in [7, 11) is 1.31. The third-order valence-electron chi connectivity index (χ3n) is 2.21. The fourth-order valence-corrected chi connectivity index (χ4v) is 1.43. The summed E-state index contributed by atoms with van der Waals surface area (Å²) >= 11 is 3.99. The fraction of sp³-hybridized carbons (Fsp3) is 0.778. The first-order valence-corrected chi connectivity index (χ1v) is 4.92. The minimum absolute atomic E-state index is 0.0313. The minimum Gasteiger partial charge on any atom is -0.467 e. The maximum atomic E-state index is 11.4. The van der Waals surface area contributed by atoms with E-state index in [1.807, 2.05) is 13.8 Å². The number of nitrogens with zero attached hydrogens (tertiary/aromatic N) is 1. The second-order valence-electron chi connectivity index (χ2n) is 3.22. The van der Waals surface area contributed by atoms with Gasteiger partial charge in [0.15, 0.2) is 0 Å². The maximum Gasteiger partial charge on any atom is 0.329 e. The number of ether oxygens (including phenoxy) is 1. The van der Waals surface area contributed by atoms with Crippen LogP contribution in [0.4, 0.5) is 0 Å². The molecule has 5 heteroatoms. The predicted molar refractivity (Wildman–Crippen MR) is 56.8 cm³/mol. The van der Waals surface area contributed by atoms with E-state index in [1.165, 1.54) is 14.0 Å². The molecule has 0 aromatic heterocycles. The van der Waals surface area contributed by atoms with Gasteiger partial charge in [0.25, 0.3) is 0 Å². The standard InChI is InChI=1S/C9H17NO3S/c1-5-6(2)8(9(12)13-4)10(14)7(3)11/h6,8,14H,5H2,1-4H3/t6-,8?/m0/s1. The number of amides is 1. The molecule has 4 nitrogen and oxygen atoms in total. The zero-order valence-electron chi connectivity index (χ0n) is 8.98. The highest BCUT2D eigenvalue weighted by molar-refractivity contribution is 7.78. The fourth-order valence-electron chi connectivity index (χ4n) is 1.11. The average Bonchev–Trinajstić information content (AvgIpc) is 2.16. The van der Waals surface area contributed by atoms with E-state index in [4.69, 9.17) is 0 Å². The molecule has 0 heterocycles. The van der Waals surface area contributed by atoms with Crippen LogP contribution in [0.1, 0.15) is 27.2 Å². The van der Waals surface area contributed by atoms with Gasteiger partial charge in [0.05, 0.1) is 7.11 Å². The molecule has 0 fully saturated rings. The molecule has 0 aliphatic carbocycles. The zero-order valence-corrected chi connectivity index (χ0v) is 9.88. The Morgan fingerprint density at radius 2 is 2.00 bits per heavy atom. The molecule has 0 spiro atoms. The monoisotopic (exact) mass is 219 g/mol. The Hall–Kier alpha value is -0.710. The van der Waals surface area contributed by atoms with Crippen LogP contribution in [0.25, 0.3) is 0 Å². The summed E-state index contributed by atoms with van der Waals surface area (Å²) in [6.07, 6.45) is 0.782. The van der Waals surface area contributed by atoms with E-state index >= 15 is 0 Å². The van der Waals surface area contributed by atoms with E-state index in [1.54, 1.807) is 0 Å². The van der Waals surface area contributed by atoms with Crippen LogP contribution in [-0.4, -0.2) is 29.3 Å². The second kappa shape index (κ2) is 5.90. The van der Waals surface area contributed by atoms with E-state index in [2.05, 4.69) is 17.6 Å². The summed E-state index contributed by atoms with van der Waals surface area (Å²) < 4.78 is 5.75. The van der Waals surface area contributed by atoms with Gasteiger partial charge in [0.2, 0.25) is 5.91 Å². The van der Waals surface area contributed by atoms with Crippen molar-refractivity contribution in [2.75, 3.05) is 7.11 Å². The molecular formula is C9H17NO3S. The van der Waals surface area contributed by atoms with Crippen molar-refractivity contribution in [1.29, 1.82) is 0 Å². The van der Waals surface area contributed by atoms with Crippen LogP contribution in [0.15, 0.2) is 0 Å². The van der Waals surface area contributed by atoms with Gasteiger partial charge in [-0.15, -0.1) is 0 Å². The van der Waals surface area contributed by atoms with Crippen molar-refractivity contribution in [3.05, 3.63) is 0 Å². The first-order chi connectivity index (χ1) is 6.45. The van der Waals surface area contributed by atoms with E-state index in [0.29, 0.717) is 0 Å². The Kier molecular flexibility index (Phi) is 5.60. The zero-order chi connectivity index (χ0) is 11.3. The van der Waals surface area contributed by atoms with Crippen molar-refractivity contribution in [1.82, 2.24) is 4.31 Å². The molecule has 1 unspecified atom stereocenters. The summed E-state index contributed by atoms with van der Waals surface area (Å²) in [6, 6.07) is -0.606. The Balaban J connectivity index is 4.71. The summed E-state index contributed by atoms with van der Waals surface area (Å²) in [5.74, 6) is -0.655. The van der Waals surface area contributed by atoms with Gasteiger partial charge in [-0.3, -0.25) is 9.10 Å². The van der Waals surface area contributed by atoms with Gasteiger partial charge < -0.3 is 4.74 Å². The molecule has 1 amide bonds. The molecule has 14 heavy (non-hydrogen) atoms. The summed E-state index contributed by atoms with van der Waals surface area (Å²) in [6.45, 7) is 5.20. The summed E-state index contributed by atoms with van der Waals surface area (Å²) in [5.41, 5.74) is 0. The van der Waals surface area contributed by atoms with Crippen molar-refractivity contribution in [3.63, 3.8) is 0 Å². The molecule has 0 saturated carbocycles. The second-order valence-corrected chi connectivity index (χ2v) is 3.65. The van der Waals surface area contributed by atoms with Gasteiger partial charge in [0, 0.05) is 6.92 Å². The van der Waals surface area contributed by atoms with Crippen molar-refractivity contribution in [2.24, 2.45) is 5.92 Å². The van der Waals surface area contributed by atoms with Crippen LogP contribution in [0.3, 0.4) is 0 Å². The predicted octanol–water partition coefficient (Wildman–Crippen LogP) is 1.27. The Morgan fingerprint density at radius 1 is 1.50 bits per heavy atom. The third kappa shape index (κ3) is 3.21. The lowest BCUT2D eigenvalue weighted by Crippen LogP contribution is -2.43. The number of carbonyl (C=O) groups excluding carboxylic acids is 2. The molecule has 0 N–H and O–H groups in total. The van der Waals surface area contributed by atoms with Crippen molar-refractivity contribution >= 4 is 24.7 Å². The number of thiol groups is 1. The number of rotatable bonds is 4. The highest BCUT2D eigenvalue weighted by atomic mass is 32.1.